The van der Waals surface area contributed by atoms with Crippen LogP contribution in [0.15, 0.2) is 12.1 Å². The van der Waals surface area contributed by atoms with E-state index in [0.29, 0.717) is 17.0 Å². The van der Waals surface area contributed by atoms with Crippen LogP contribution in [0.4, 0.5) is 0 Å². The van der Waals surface area contributed by atoms with Gasteiger partial charge in [-0.2, -0.15) is 0 Å². The standard InChI is InChI=1S/C19H30N2O3/c1-22-16-8-7-15(17(23-2)18(16)24-3)13-21-12-11-20-14-19(21)9-5-4-6-10-19/h7-8,20H,4-6,9-14H2,1-3H3. The van der Waals surface area contributed by atoms with Gasteiger partial charge in [-0.25, -0.2) is 0 Å². The Morgan fingerprint density at radius 2 is 1.75 bits per heavy atom. The predicted molar refractivity (Wildman–Crippen MR) is 95.2 cm³/mol. The first kappa shape index (κ1) is 17.4. The summed E-state index contributed by atoms with van der Waals surface area (Å²) in [5.74, 6) is 2.19. The van der Waals surface area contributed by atoms with E-state index in [1.807, 2.05) is 6.07 Å². The van der Waals surface area contributed by atoms with Gasteiger partial charge in [0.25, 0.3) is 0 Å². The smallest absolute Gasteiger partial charge is 0.203 e. The molecule has 1 saturated heterocycles. The molecule has 0 bridgehead atoms. The first-order chi connectivity index (χ1) is 11.7. The molecular weight excluding hydrogens is 304 g/mol. The lowest BCUT2D eigenvalue weighted by Crippen LogP contribution is -2.61. The first-order valence-corrected chi connectivity index (χ1v) is 8.98. The molecule has 0 aromatic heterocycles. The second-order valence-electron chi connectivity index (χ2n) is 6.88. The van der Waals surface area contributed by atoms with Gasteiger partial charge in [0.05, 0.1) is 21.3 Å². The normalized spacial score (nSPS) is 20.8. The summed E-state index contributed by atoms with van der Waals surface area (Å²) >= 11 is 0. The number of benzene rings is 1. The third kappa shape index (κ3) is 3.20. The molecule has 0 amide bonds. The molecule has 1 aromatic carbocycles. The van der Waals surface area contributed by atoms with Crippen LogP contribution in [0, 0.1) is 0 Å². The third-order valence-electron chi connectivity index (χ3n) is 5.61. The topological polar surface area (TPSA) is 43.0 Å². The van der Waals surface area contributed by atoms with E-state index in [0.717, 1.165) is 31.9 Å². The first-order valence-electron chi connectivity index (χ1n) is 8.98. The summed E-state index contributed by atoms with van der Waals surface area (Å²) in [5, 5.41) is 3.61. The Morgan fingerprint density at radius 1 is 1.00 bits per heavy atom. The van der Waals surface area contributed by atoms with Crippen LogP contribution in [0.1, 0.15) is 37.7 Å². The number of piperazine rings is 1. The Hall–Kier alpha value is -1.46. The summed E-state index contributed by atoms with van der Waals surface area (Å²) in [5.41, 5.74) is 1.47. The molecule has 1 saturated carbocycles. The quantitative estimate of drug-likeness (QED) is 0.897. The van der Waals surface area contributed by atoms with Gasteiger partial charge < -0.3 is 19.5 Å². The van der Waals surface area contributed by atoms with Crippen molar-refractivity contribution in [1.82, 2.24) is 10.2 Å². The Labute approximate surface area is 145 Å². The monoisotopic (exact) mass is 334 g/mol. The van der Waals surface area contributed by atoms with Crippen LogP contribution in [-0.4, -0.2) is 51.4 Å². The minimum Gasteiger partial charge on any atom is -0.493 e. The number of hydrogen-bond donors (Lipinski definition) is 1. The lowest BCUT2D eigenvalue weighted by molar-refractivity contribution is 0.0203. The molecule has 134 valence electrons. The van der Waals surface area contributed by atoms with E-state index in [-0.39, 0.29) is 0 Å². The maximum absolute atomic E-state index is 5.68. The minimum atomic E-state index is 0.300. The molecule has 1 heterocycles. The molecular formula is C19H30N2O3. The number of nitrogens with one attached hydrogen (secondary N) is 1. The van der Waals surface area contributed by atoms with E-state index < -0.39 is 0 Å². The van der Waals surface area contributed by atoms with Crippen LogP contribution in [-0.2, 0) is 6.54 Å². The lowest BCUT2D eigenvalue weighted by atomic mass is 9.79. The maximum Gasteiger partial charge on any atom is 0.203 e. The van der Waals surface area contributed by atoms with Gasteiger partial charge in [0.2, 0.25) is 5.75 Å². The Balaban J connectivity index is 1.88. The van der Waals surface area contributed by atoms with Crippen LogP contribution < -0.4 is 19.5 Å². The molecule has 0 atom stereocenters. The van der Waals surface area contributed by atoms with Gasteiger partial charge in [-0.15, -0.1) is 0 Å². The third-order valence-corrected chi connectivity index (χ3v) is 5.61. The van der Waals surface area contributed by atoms with Gasteiger partial charge in [-0.3, -0.25) is 4.90 Å². The van der Waals surface area contributed by atoms with Crippen LogP contribution in [0.5, 0.6) is 17.2 Å². The summed E-state index contributed by atoms with van der Waals surface area (Å²) in [6, 6.07) is 4.09. The van der Waals surface area contributed by atoms with Crippen molar-refractivity contribution < 1.29 is 14.2 Å². The molecule has 2 aliphatic rings. The van der Waals surface area contributed by atoms with Gasteiger partial charge in [0, 0.05) is 37.3 Å². The number of nitrogens with zero attached hydrogens (tertiary/aromatic N) is 1. The van der Waals surface area contributed by atoms with Crippen molar-refractivity contribution in [3.8, 4) is 17.2 Å². The molecule has 5 heteroatoms. The molecule has 24 heavy (non-hydrogen) atoms. The number of rotatable bonds is 5. The van der Waals surface area contributed by atoms with Crippen molar-refractivity contribution in [3.63, 3.8) is 0 Å². The zero-order valence-corrected chi connectivity index (χ0v) is 15.2. The summed E-state index contributed by atoms with van der Waals surface area (Å²) in [4.78, 5) is 2.66. The summed E-state index contributed by atoms with van der Waals surface area (Å²) in [6.07, 6.45) is 6.61. The van der Waals surface area contributed by atoms with Crippen LogP contribution in [0.2, 0.25) is 0 Å². The fourth-order valence-corrected chi connectivity index (χ4v) is 4.33. The molecule has 1 aliphatic heterocycles. The largest absolute Gasteiger partial charge is 0.493 e. The second kappa shape index (κ2) is 7.62. The Kier molecular flexibility index (Phi) is 5.51. The van der Waals surface area contributed by atoms with Gasteiger partial charge in [0.1, 0.15) is 0 Å². The molecule has 2 fully saturated rings. The van der Waals surface area contributed by atoms with Crippen LogP contribution >= 0.6 is 0 Å². The number of ether oxygens (including phenoxy) is 3. The van der Waals surface area contributed by atoms with Gasteiger partial charge in [0.15, 0.2) is 11.5 Å². The molecule has 0 unspecified atom stereocenters. The van der Waals surface area contributed by atoms with Crippen molar-refractivity contribution in [2.24, 2.45) is 0 Å². The predicted octanol–water partition coefficient (Wildman–Crippen LogP) is 2.82. The van der Waals surface area contributed by atoms with Crippen molar-refractivity contribution in [2.75, 3.05) is 41.0 Å². The molecule has 1 aromatic rings. The second-order valence-corrected chi connectivity index (χ2v) is 6.88. The van der Waals surface area contributed by atoms with E-state index in [1.165, 1.54) is 37.7 Å². The van der Waals surface area contributed by atoms with Gasteiger partial charge >= 0.3 is 0 Å². The highest BCUT2D eigenvalue weighted by molar-refractivity contribution is 5.55. The van der Waals surface area contributed by atoms with E-state index in [9.17, 15) is 0 Å². The highest BCUT2D eigenvalue weighted by atomic mass is 16.5. The van der Waals surface area contributed by atoms with Crippen molar-refractivity contribution in [2.45, 2.75) is 44.2 Å². The molecule has 5 nitrogen and oxygen atoms in total. The number of hydrogen-bond acceptors (Lipinski definition) is 5. The average Bonchev–Trinajstić information content (AvgIpc) is 2.63. The van der Waals surface area contributed by atoms with Crippen molar-refractivity contribution in [3.05, 3.63) is 17.7 Å². The van der Waals surface area contributed by atoms with E-state index >= 15 is 0 Å². The fraction of sp³-hybridized carbons (Fsp3) is 0.684. The Morgan fingerprint density at radius 3 is 2.42 bits per heavy atom. The highest BCUT2D eigenvalue weighted by Crippen LogP contribution is 2.42. The molecule has 3 rings (SSSR count). The zero-order valence-electron chi connectivity index (χ0n) is 15.2. The average molecular weight is 334 g/mol. The van der Waals surface area contributed by atoms with Crippen molar-refractivity contribution >= 4 is 0 Å². The fourth-order valence-electron chi connectivity index (χ4n) is 4.33. The molecule has 1 aliphatic carbocycles. The molecule has 1 N–H and O–H groups in total. The van der Waals surface area contributed by atoms with E-state index in [4.69, 9.17) is 14.2 Å². The minimum absolute atomic E-state index is 0.300. The maximum atomic E-state index is 5.68. The van der Waals surface area contributed by atoms with Crippen LogP contribution in [0.3, 0.4) is 0 Å². The SMILES string of the molecule is COc1ccc(CN2CCNCC23CCCCC3)c(OC)c1OC. The Bertz CT molecular complexity index is 548. The van der Waals surface area contributed by atoms with Crippen LogP contribution in [0.25, 0.3) is 0 Å². The van der Waals surface area contributed by atoms with E-state index in [2.05, 4.69) is 16.3 Å². The van der Waals surface area contributed by atoms with Gasteiger partial charge in [-0.1, -0.05) is 25.3 Å². The summed E-state index contributed by atoms with van der Waals surface area (Å²) in [7, 11) is 5.02. The van der Waals surface area contributed by atoms with E-state index in [1.54, 1.807) is 21.3 Å². The zero-order chi connectivity index (χ0) is 17.0. The summed E-state index contributed by atoms with van der Waals surface area (Å²) < 4.78 is 16.6. The molecule has 0 radical (unpaired) electrons. The van der Waals surface area contributed by atoms with Crippen molar-refractivity contribution in [1.29, 1.82) is 0 Å². The molecule has 1 spiro atoms. The van der Waals surface area contributed by atoms with Gasteiger partial charge in [-0.05, 0) is 18.9 Å². The number of methoxy groups -OCH3 is 3. The highest BCUT2D eigenvalue weighted by Gasteiger charge is 2.39. The summed E-state index contributed by atoms with van der Waals surface area (Å²) in [6.45, 7) is 4.13. The lowest BCUT2D eigenvalue weighted by Gasteiger charge is -2.50.